The first-order valence-electron chi connectivity index (χ1n) is 5.34. The zero-order valence-corrected chi connectivity index (χ0v) is 12.7. The Morgan fingerprint density at radius 3 is 3.19 bits per heavy atom. The summed E-state index contributed by atoms with van der Waals surface area (Å²) in [6.07, 6.45) is 2.18. The van der Waals surface area contributed by atoms with Crippen molar-refractivity contribution < 1.29 is 4.79 Å². The Morgan fingerprint density at radius 2 is 2.44 bits per heavy atom. The van der Waals surface area contributed by atoms with Crippen LogP contribution >= 0.6 is 45.7 Å². The summed E-state index contributed by atoms with van der Waals surface area (Å²) >= 11 is 5.96. The molecule has 88 valence electrons. The Morgan fingerprint density at radius 1 is 1.56 bits per heavy atom. The lowest BCUT2D eigenvalue weighted by atomic mass is 10.2. The second-order valence-electron chi connectivity index (χ2n) is 3.66. The van der Waals surface area contributed by atoms with Gasteiger partial charge in [-0.3, -0.25) is 4.79 Å². The average Bonchev–Trinajstić information content (AvgIpc) is 2.73. The number of hydrogen-bond donors (Lipinski definition) is 1. The third-order valence-electron chi connectivity index (χ3n) is 2.45. The molecule has 1 aliphatic heterocycles. The summed E-state index contributed by atoms with van der Waals surface area (Å²) in [5.74, 6) is 2.38. The second kappa shape index (κ2) is 6.26. The van der Waals surface area contributed by atoms with Gasteiger partial charge in [-0.1, -0.05) is 22.6 Å². The number of halogens is 1. The van der Waals surface area contributed by atoms with E-state index in [2.05, 4.69) is 34.0 Å². The molecule has 0 unspecified atom stereocenters. The fourth-order valence-electron chi connectivity index (χ4n) is 1.61. The van der Waals surface area contributed by atoms with E-state index in [1.807, 2.05) is 11.8 Å². The number of thioether (sulfide) groups is 1. The number of carbonyl (C=O) groups is 1. The van der Waals surface area contributed by atoms with Crippen LogP contribution in [0.5, 0.6) is 0 Å². The fraction of sp³-hybridized carbons (Fsp3) is 0.545. The van der Waals surface area contributed by atoms with Crippen LogP contribution in [-0.2, 0) is 12.2 Å². The summed E-state index contributed by atoms with van der Waals surface area (Å²) in [7, 11) is 0. The Kier molecular flexibility index (Phi) is 4.97. The van der Waals surface area contributed by atoms with Crippen molar-refractivity contribution in [2.45, 2.75) is 18.6 Å². The maximum Gasteiger partial charge on any atom is 0.261 e. The van der Waals surface area contributed by atoms with Crippen LogP contribution in [0.25, 0.3) is 0 Å². The van der Waals surface area contributed by atoms with Crippen LogP contribution in [-0.4, -0.2) is 22.6 Å². The number of thiophene rings is 1. The minimum absolute atomic E-state index is 0.106. The predicted octanol–water partition coefficient (Wildman–Crippen LogP) is 3.09. The minimum atomic E-state index is 0.106. The molecule has 1 amide bonds. The normalized spacial score (nSPS) is 14.6. The molecule has 0 saturated heterocycles. The molecule has 1 aliphatic rings. The molecule has 2 nitrogen and oxygen atoms in total. The number of alkyl halides is 1. The summed E-state index contributed by atoms with van der Waals surface area (Å²) in [5, 5.41) is 2.97. The van der Waals surface area contributed by atoms with Gasteiger partial charge >= 0.3 is 0 Å². The van der Waals surface area contributed by atoms with Crippen molar-refractivity contribution in [3.05, 3.63) is 21.4 Å². The molecule has 2 heterocycles. The Labute approximate surface area is 118 Å². The summed E-state index contributed by atoms with van der Waals surface area (Å²) in [5.41, 5.74) is 1.38. The van der Waals surface area contributed by atoms with Crippen LogP contribution in [0.1, 0.15) is 26.5 Å². The van der Waals surface area contributed by atoms with Gasteiger partial charge in [0.05, 0.1) is 4.88 Å². The van der Waals surface area contributed by atoms with Gasteiger partial charge in [0.2, 0.25) is 0 Å². The molecule has 0 aliphatic carbocycles. The highest BCUT2D eigenvalue weighted by molar-refractivity contribution is 14.1. The van der Waals surface area contributed by atoms with Crippen molar-refractivity contribution in [3.63, 3.8) is 0 Å². The standard InChI is InChI=1S/C11H14INOS2/c12-3-1-4-13-11(14)10-6-8-7-15-5-2-9(8)16-10/h6H,1-5,7H2,(H,13,14). The summed E-state index contributed by atoms with van der Waals surface area (Å²) in [4.78, 5) is 14.1. The summed E-state index contributed by atoms with van der Waals surface area (Å²) in [6, 6.07) is 2.07. The van der Waals surface area contributed by atoms with Crippen molar-refractivity contribution in [1.29, 1.82) is 0 Å². The van der Waals surface area contributed by atoms with Crippen LogP contribution < -0.4 is 5.32 Å². The number of fused-ring (bicyclic) bond motifs is 1. The SMILES string of the molecule is O=C(NCCCI)c1cc2c(s1)CCSC2. The molecular weight excluding hydrogens is 353 g/mol. The highest BCUT2D eigenvalue weighted by atomic mass is 127. The first-order valence-corrected chi connectivity index (χ1v) is 8.84. The quantitative estimate of drug-likeness (QED) is 0.504. The molecule has 2 rings (SSSR count). The first-order chi connectivity index (χ1) is 7.81. The number of hydrogen-bond acceptors (Lipinski definition) is 3. The van der Waals surface area contributed by atoms with E-state index >= 15 is 0 Å². The lowest BCUT2D eigenvalue weighted by molar-refractivity contribution is 0.0958. The summed E-state index contributed by atoms with van der Waals surface area (Å²) in [6.45, 7) is 0.791. The molecule has 0 atom stereocenters. The number of amides is 1. The highest BCUT2D eigenvalue weighted by Crippen LogP contribution is 2.31. The number of carbonyl (C=O) groups excluding carboxylic acids is 1. The zero-order chi connectivity index (χ0) is 11.4. The van der Waals surface area contributed by atoms with E-state index in [-0.39, 0.29) is 5.91 Å². The zero-order valence-electron chi connectivity index (χ0n) is 8.92. The monoisotopic (exact) mass is 367 g/mol. The van der Waals surface area contributed by atoms with Gasteiger partial charge in [-0.15, -0.1) is 11.3 Å². The van der Waals surface area contributed by atoms with Crippen molar-refractivity contribution >= 4 is 51.6 Å². The van der Waals surface area contributed by atoms with Crippen molar-refractivity contribution in [2.75, 3.05) is 16.7 Å². The molecule has 0 saturated carbocycles. The van der Waals surface area contributed by atoms with Crippen LogP contribution in [0.4, 0.5) is 0 Å². The molecule has 1 aromatic heterocycles. The Hall–Kier alpha value is 0.250. The lowest BCUT2D eigenvalue weighted by Crippen LogP contribution is -2.23. The smallest absolute Gasteiger partial charge is 0.261 e. The van der Waals surface area contributed by atoms with E-state index in [0.717, 1.165) is 34.4 Å². The molecule has 0 bridgehead atoms. The first kappa shape index (κ1) is 12.7. The molecular formula is C11H14INOS2. The van der Waals surface area contributed by atoms with Crippen LogP contribution in [0, 0.1) is 0 Å². The van der Waals surface area contributed by atoms with E-state index in [1.165, 1.54) is 16.2 Å². The van der Waals surface area contributed by atoms with Crippen LogP contribution in [0.3, 0.4) is 0 Å². The van der Waals surface area contributed by atoms with Gasteiger partial charge in [0.25, 0.3) is 5.91 Å². The topological polar surface area (TPSA) is 29.1 Å². The maximum atomic E-state index is 11.8. The Bertz CT molecular complexity index is 355. The van der Waals surface area contributed by atoms with Gasteiger partial charge in [-0.2, -0.15) is 11.8 Å². The highest BCUT2D eigenvalue weighted by Gasteiger charge is 2.16. The summed E-state index contributed by atoms with van der Waals surface area (Å²) < 4.78 is 1.09. The van der Waals surface area contributed by atoms with Gasteiger partial charge in [0, 0.05) is 21.6 Å². The van der Waals surface area contributed by atoms with E-state index in [0.29, 0.717) is 0 Å². The molecule has 16 heavy (non-hydrogen) atoms. The maximum absolute atomic E-state index is 11.8. The molecule has 0 radical (unpaired) electrons. The predicted molar refractivity (Wildman–Crippen MR) is 80.0 cm³/mol. The van der Waals surface area contributed by atoms with Gasteiger partial charge in [0.15, 0.2) is 0 Å². The number of nitrogens with one attached hydrogen (secondary N) is 1. The minimum Gasteiger partial charge on any atom is -0.351 e. The number of aryl methyl sites for hydroxylation is 1. The lowest BCUT2D eigenvalue weighted by Gasteiger charge is -2.08. The molecule has 5 heteroatoms. The van der Waals surface area contributed by atoms with Crippen molar-refractivity contribution in [1.82, 2.24) is 5.32 Å². The third kappa shape index (κ3) is 3.13. The Balaban J connectivity index is 1.98. The second-order valence-corrected chi connectivity index (χ2v) is 6.98. The molecule has 0 spiro atoms. The van der Waals surface area contributed by atoms with Crippen LogP contribution in [0.15, 0.2) is 6.07 Å². The van der Waals surface area contributed by atoms with Crippen LogP contribution in [0.2, 0.25) is 0 Å². The van der Waals surface area contributed by atoms with Gasteiger partial charge in [-0.25, -0.2) is 0 Å². The van der Waals surface area contributed by atoms with Gasteiger partial charge in [0.1, 0.15) is 0 Å². The fourth-order valence-corrected chi connectivity index (χ4v) is 4.29. The molecule has 0 aromatic carbocycles. The van der Waals surface area contributed by atoms with E-state index in [4.69, 9.17) is 0 Å². The third-order valence-corrected chi connectivity index (χ3v) is 5.45. The largest absolute Gasteiger partial charge is 0.351 e. The molecule has 1 aromatic rings. The van der Waals surface area contributed by atoms with Gasteiger partial charge in [-0.05, 0) is 30.2 Å². The van der Waals surface area contributed by atoms with E-state index in [1.54, 1.807) is 11.3 Å². The van der Waals surface area contributed by atoms with Gasteiger partial charge < -0.3 is 5.32 Å². The van der Waals surface area contributed by atoms with Crippen molar-refractivity contribution in [2.24, 2.45) is 0 Å². The van der Waals surface area contributed by atoms with Crippen molar-refractivity contribution in [3.8, 4) is 0 Å². The van der Waals surface area contributed by atoms with E-state index in [9.17, 15) is 4.79 Å². The molecule has 0 fully saturated rings. The van der Waals surface area contributed by atoms with E-state index < -0.39 is 0 Å². The number of rotatable bonds is 4. The average molecular weight is 367 g/mol. The molecule has 1 N–H and O–H groups in total.